The number of carbonyl (C=O) groups is 2. The maximum Gasteiger partial charge on any atom is 0.268 e. The van der Waals surface area contributed by atoms with Gasteiger partial charge in [0.25, 0.3) is 5.91 Å². The minimum absolute atomic E-state index is 0.0323. The zero-order valence-electron chi connectivity index (χ0n) is 12.0. The Hall–Kier alpha value is -2.06. The predicted octanol–water partition coefficient (Wildman–Crippen LogP) is 0.766. The Morgan fingerprint density at radius 3 is 2.78 bits per heavy atom. The number of rotatable bonds is 3. The molecule has 1 saturated heterocycles. The van der Waals surface area contributed by atoms with Crippen LogP contribution in [0.15, 0.2) is 24.3 Å². The summed E-state index contributed by atoms with van der Waals surface area (Å²) in [6.07, 6.45) is 0. The lowest BCUT2D eigenvalue weighted by atomic mass is 10.2. The molecule has 7 nitrogen and oxygen atoms in total. The zero-order valence-corrected chi connectivity index (χ0v) is 13.6. The summed E-state index contributed by atoms with van der Waals surface area (Å²) in [6.45, 7) is -0.0770. The van der Waals surface area contributed by atoms with Crippen LogP contribution in [0.25, 0.3) is 10.9 Å². The lowest BCUT2D eigenvalue weighted by molar-refractivity contribution is -0.128. The quantitative estimate of drug-likeness (QED) is 0.849. The molecule has 2 N–H and O–H groups in total. The summed E-state index contributed by atoms with van der Waals surface area (Å²) >= 11 is 5.89. The second-order valence-electron chi connectivity index (χ2n) is 5.33. The highest BCUT2D eigenvalue weighted by molar-refractivity contribution is 7.91. The van der Waals surface area contributed by atoms with Gasteiger partial charge in [0.05, 0.1) is 12.3 Å². The van der Waals surface area contributed by atoms with Crippen LogP contribution in [0.1, 0.15) is 10.5 Å². The molecular formula is C14H14ClN3O4S. The number of hydrogen-bond acceptors (Lipinski definition) is 4. The Balaban J connectivity index is 1.63. The molecule has 0 unspecified atom stereocenters. The Labute approximate surface area is 137 Å². The number of sulfone groups is 1. The van der Waals surface area contributed by atoms with E-state index in [2.05, 4.69) is 10.3 Å². The fourth-order valence-corrected chi connectivity index (χ4v) is 3.96. The molecule has 122 valence electrons. The number of hydrogen-bond donors (Lipinski definition) is 2. The van der Waals surface area contributed by atoms with Gasteiger partial charge in [0.1, 0.15) is 11.6 Å². The molecule has 1 aromatic carbocycles. The van der Waals surface area contributed by atoms with Crippen LogP contribution in [-0.2, 0) is 14.6 Å². The molecule has 0 spiro atoms. The molecule has 0 saturated carbocycles. The number of amides is 2. The first-order chi connectivity index (χ1) is 10.8. The van der Waals surface area contributed by atoms with E-state index in [1.54, 1.807) is 24.3 Å². The first kappa shape index (κ1) is 15.8. The van der Waals surface area contributed by atoms with E-state index >= 15 is 0 Å². The number of halogens is 1. The second-order valence-corrected chi connectivity index (χ2v) is 7.92. The number of aromatic amines is 1. The van der Waals surface area contributed by atoms with Crippen molar-refractivity contribution in [1.82, 2.24) is 15.2 Å². The van der Waals surface area contributed by atoms with E-state index in [4.69, 9.17) is 11.6 Å². The molecule has 1 aliphatic rings. The van der Waals surface area contributed by atoms with E-state index in [1.807, 2.05) is 0 Å². The van der Waals surface area contributed by atoms with Gasteiger partial charge in [-0.3, -0.25) is 9.59 Å². The summed E-state index contributed by atoms with van der Waals surface area (Å²) in [4.78, 5) is 28.1. The van der Waals surface area contributed by atoms with Gasteiger partial charge in [-0.2, -0.15) is 0 Å². The average molecular weight is 356 g/mol. The van der Waals surface area contributed by atoms with Crippen molar-refractivity contribution in [1.29, 1.82) is 0 Å². The maximum atomic E-state index is 12.1. The van der Waals surface area contributed by atoms with Gasteiger partial charge < -0.3 is 15.2 Å². The van der Waals surface area contributed by atoms with Crippen molar-refractivity contribution in [3.8, 4) is 0 Å². The first-order valence-corrected chi connectivity index (χ1v) is 9.09. The maximum absolute atomic E-state index is 12.1. The van der Waals surface area contributed by atoms with Crippen LogP contribution in [-0.4, -0.2) is 54.8 Å². The molecule has 1 aromatic heterocycles. The topological polar surface area (TPSA) is 99.3 Å². The molecule has 3 rings (SSSR count). The lowest BCUT2D eigenvalue weighted by Crippen LogP contribution is -2.39. The largest absolute Gasteiger partial charge is 0.351 e. The van der Waals surface area contributed by atoms with Crippen molar-refractivity contribution in [3.63, 3.8) is 0 Å². The van der Waals surface area contributed by atoms with Crippen molar-refractivity contribution >= 4 is 44.2 Å². The summed E-state index contributed by atoms with van der Waals surface area (Å²) in [5.41, 5.74) is 1.07. The minimum Gasteiger partial charge on any atom is -0.351 e. The number of nitrogens with one attached hydrogen (secondary N) is 2. The third-order valence-corrected chi connectivity index (χ3v) is 5.35. The molecule has 0 atom stereocenters. The van der Waals surface area contributed by atoms with Gasteiger partial charge in [0.2, 0.25) is 5.91 Å². The van der Waals surface area contributed by atoms with E-state index in [0.717, 1.165) is 10.9 Å². The number of H-pyrrole nitrogens is 1. The monoisotopic (exact) mass is 355 g/mol. The summed E-state index contributed by atoms with van der Waals surface area (Å²) < 4.78 is 22.7. The SMILES string of the molecule is O=C(NCC(=O)N1CCS(=O)(=O)C1)c1cc2cc(Cl)ccc2[nH]1. The van der Waals surface area contributed by atoms with Gasteiger partial charge in [-0.15, -0.1) is 0 Å². The van der Waals surface area contributed by atoms with E-state index in [-0.39, 0.29) is 24.7 Å². The lowest BCUT2D eigenvalue weighted by Gasteiger charge is -2.13. The summed E-state index contributed by atoms with van der Waals surface area (Å²) in [5.74, 6) is -1.17. The van der Waals surface area contributed by atoms with Gasteiger partial charge in [-0.05, 0) is 24.3 Å². The van der Waals surface area contributed by atoms with E-state index in [0.29, 0.717) is 10.7 Å². The average Bonchev–Trinajstić information content (AvgIpc) is 3.07. The van der Waals surface area contributed by atoms with E-state index < -0.39 is 21.7 Å². The fraction of sp³-hybridized carbons (Fsp3) is 0.286. The second kappa shape index (κ2) is 5.86. The van der Waals surface area contributed by atoms with Crippen LogP contribution in [0.3, 0.4) is 0 Å². The summed E-state index contributed by atoms with van der Waals surface area (Å²) in [6, 6.07) is 6.83. The van der Waals surface area contributed by atoms with Gasteiger partial charge >= 0.3 is 0 Å². The van der Waals surface area contributed by atoms with Crippen molar-refractivity contribution in [3.05, 3.63) is 35.0 Å². The van der Waals surface area contributed by atoms with Crippen LogP contribution < -0.4 is 5.32 Å². The Kier molecular flexibility index (Phi) is 4.03. The number of carbonyl (C=O) groups excluding carboxylic acids is 2. The highest BCUT2D eigenvalue weighted by atomic mass is 35.5. The molecule has 23 heavy (non-hydrogen) atoms. The number of nitrogens with zero attached hydrogens (tertiary/aromatic N) is 1. The number of aromatic nitrogens is 1. The highest BCUT2D eigenvalue weighted by Crippen LogP contribution is 2.20. The molecule has 1 fully saturated rings. The zero-order chi connectivity index (χ0) is 16.6. The molecule has 0 bridgehead atoms. The van der Waals surface area contributed by atoms with E-state index in [9.17, 15) is 18.0 Å². The van der Waals surface area contributed by atoms with Crippen molar-refractivity contribution < 1.29 is 18.0 Å². The van der Waals surface area contributed by atoms with Crippen LogP contribution in [0.5, 0.6) is 0 Å². The summed E-state index contributed by atoms with van der Waals surface area (Å²) in [5, 5.41) is 3.84. The molecule has 0 aliphatic carbocycles. The Bertz CT molecular complexity index is 891. The van der Waals surface area contributed by atoms with Crippen molar-refractivity contribution in [2.45, 2.75) is 0 Å². The molecule has 0 radical (unpaired) electrons. The predicted molar refractivity (Wildman–Crippen MR) is 86.0 cm³/mol. The molecule has 2 aromatic rings. The molecule has 2 heterocycles. The smallest absolute Gasteiger partial charge is 0.268 e. The van der Waals surface area contributed by atoms with Gasteiger partial charge in [0.15, 0.2) is 9.84 Å². The van der Waals surface area contributed by atoms with Crippen LogP contribution >= 0.6 is 11.6 Å². The van der Waals surface area contributed by atoms with Crippen LogP contribution in [0.4, 0.5) is 0 Å². The fourth-order valence-electron chi connectivity index (χ4n) is 2.40. The van der Waals surface area contributed by atoms with Gasteiger partial charge in [0, 0.05) is 22.5 Å². The van der Waals surface area contributed by atoms with Gasteiger partial charge in [-0.1, -0.05) is 11.6 Å². The number of benzene rings is 1. The molecule has 2 amide bonds. The molecule has 9 heteroatoms. The molecule has 1 aliphatic heterocycles. The standard InChI is InChI=1S/C14H14ClN3O4S/c15-10-1-2-11-9(5-10)6-12(17-11)14(20)16-7-13(19)18-3-4-23(21,22)8-18/h1-2,5-6,17H,3-4,7-8H2,(H,16,20). The number of fused-ring (bicyclic) bond motifs is 1. The van der Waals surface area contributed by atoms with Gasteiger partial charge in [-0.25, -0.2) is 8.42 Å². The first-order valence-electron chi connectivity index (χ1n) is 6.89. The third-order valence-electron chi connectivity index (χ3n) is 3.61. The Morgan fingerprint density at radius 1 is 1.30 bits per heavy atom. The summed E-state index contributed by atoms with van der Waals surface area (Å²) in [7, 11) is -3.18. The normalized spacial score (nSPS) is 16.7. The molecular weight excluding hydrogens is 342 g/mol. The van der Waals surface area contributed by atoms with Crippen molar-refractivity contribution in [2.24, 2.45) is 0 Å². The third kappa shape index (κ3) is 3.48. The minimum atomic E-state index is -3.18. The highest BCUT2D eigenvalue weighted by Gasteiger charge is 2.29. The van der Waals surface area contributed by atoms with Crippen LogP contribution in [0.2, 0.25) is 5.02 Å². The van der Waals surface area contributed by atoms with E-state index in [1.165, 1.54) is 4.90 Å². The van der Waals surface area contributed by atoms with Crippen LogP contribution in [0, 0.1) is 0 Å². The van der Waals surface area contributed by atoms with Crippen molar-refractivity contribution in [2.75, 3.05) is 24.7 Å². The Morgan fingerprint density at radius 2 is 2.09 bits per heavy atom.